The van der Waals surface area contributed by atoms with E-state index in [2.05, 4.69) is 47.3 Å². The Hall–Kier alpha value is -1.90. The van der Waals surface area contributed by atoms with Crippen LogP contribution in [0, 0.1) is 20.8 Å². The van der Waals surface area contributed by atoms with Gasteiger partial charge in [0, 0.05) is 18.2 Å². The number of hydrogen-bond donors (Lipinski definition) is 1. The van der Waals surface area contributed by atoms with E-state index in [1.807, 2.05) is 14.0 Å². The maximum atomic E-state index is 4.39. The monoisotopic (exact) mass is 227 g/mol. The number of aryl methyl sites for hydroxylation is 2. The lowest BCUT2D eigenvalue weighted by molar-refractivity contribution is 1.13. The number of rotatable bonds is 2. The molecule has 1 N–H and O–H groups in total. The molecule has 3 nitrogen and oxygen atoms in total. The fraction of sp³-hybridized carbons (Fsp3) is 0.286. The van der Waals surface area contributed by atoms with Crippen LogP contribution >= 0.6 is 0 Å². The van der Waals surface area contributed by atoms with Gasteiger partial charge in [-0.05, 0) is 32.9 Å². The Morgan fingerprint density at radius 2 is 1.59 bits per heavy atom. The largest absolute Gasteiger partial charge is 0.373 e. The summed E-state index contributed by atoms with van der Waals surface area (Å²) < 4.78 is 0. The van der Waals surface area contributed by atoms with Gasteiger partial charge < -0.3 is 5.32 Å². The lowest BCUT2D eigenvalue weighted by Crippen LogP contribution is -1.99. The molecule has 1 aromatic heterocycles. The zero-order valence-electron chi connectivity index (χ0n) is 10.7. The van der Waals surface area contributed by atoms with Gasteiger partial charge in [0.2, 0.25) is 0 Å². The van der Waals surface area contributed by atoms with E-state index in [-0.39, 0.29) is 0 Å². The van der Waals surface area contributed by atoms with Gasteiger partial charge in [0.15, 0.2) is 0 Å². The second-order valence-corrected chi connectivity index (χ2v) is 4.32. The quantitative estimate of drug-likeness (QED) is 0.856. The minimum absolute atomic E-state index is 0.883. The van der Waals surface area contributed by atoms with Crippen molar-refractivity contribution in [3.63, 3.8) is 0 Å². The summed E-state index contributed by atoms with van der Waals surface area (Å²) in [5, 5.41) is 3.08. The number of anilines is 1. The van der Waals surface area contributed by atoms with Crippen molar-refractivity contribution < 1.29 is 0 Å². The smallest absolute Gasteiger partial charge is 0.132 e. The normalized spacial score (nSPS) is 10.4. The van der Waals surface area contributed by atoms with Gasteiger partial charge in [-0.15, -0.1) is 0 Å². The molecule has 0 aliphatic heterocycles. The first-order valence-electron chi connectivity index (χ1n) is 5.70. The van der Waals surface area contributed by atoms with Crippen molar-refractivity contribution in [2.75, 3.05) is 12.4 Å². The van der Waals surface area contributed by atoms with Crippen LogP contribution in [-0.4, -0.2) is 17.0 Å². The summed E-state index contributed by atoms with van der Waals surface area (Å²) in [5.74, 6) is 0.883. The highest BCUT2D eigenvalue weighted by Gasteiger charge is 2.08. The molecule has 0 amide bonds. The molecule has 0 atom stereocenters. The summed E-state index contributed by atoms with van der Waals surface area (Å²) >= 11 is 0. The van der Waals surface area contributed by atoms with E-state index in [0.717, 1.165) is 22.6 Å². The molecule has 0 unspecified atom stereocenters. The minimum atomic E-state index is 0.883. The van der Waals surface area contributed by atoms with Crippen molar-refractivity contribution in [1.29, 1.82) is 0 Å². The Morgan fingerprint density at radius 1 is 0.941 bits per heavy atom. The van der Waals surface area contributed by atoms with Gasteiger partial charge in [0.25, 0.3) is 0 Å². The Kier molecular flexibility index (Phi) is 3.09. The van der Waals surface area contributed by atoms with Gasteiger partial charge in [-0.1, -0.05) is 17.2 Å². The third-order valence-electron chi connectivity index (χ3n) is 2.82. The average Bonchev–Trinajstić information content (AvgIpc) is 2.28. The van der Waals surface area contributed by atoms with Crippen LogP contribution in [0.15, 0.2) is 24.5 Å². The topological polar surface area (TPSA) is 37.8 Å². The van der Waals surface area contributed by atoms with Crippen molar-refractivity contribution >= 4 is 5.82 Å². The summed E-state index contributed by atoms with van der Waals surface area (Å²) in [6.45, 7) is 6.25. The Labute approximate surface area is 102 Å². The molecule has 0 fully saturated rings. The second-order valence-electron chi connectivity index (χ2n) is 4.32. The van der Waals surface area contributed by atoms with E-state index in [9.17, 15) is 0 Å². The first-order valence-corrected chi connectivity index (χ1v) is 5.70. The van der Waals surface area contributed by atoms with E-state index in [1.165, 1.54) is 11.1 Å². The maximum Gasteiger partial charge on any atom is 0.132 e. The van der Waals surface area contributed by atoms with Crippen LogP contribution in [0.25, 0.3) is 11.3 Å². The molecule has 3 heteroatoms. The van der Waals surface area contributed by atoms with Gasteiger partial charge in [-0.25, -0.2) is 9.97 Å². The minimum Gasteiger partial charge on any atom is -0.373 e. The third-order valence-corrected chi connectivity index (χ3v) is 2.82. The number of nitrogens with one attached hydrogen (secondary N) is 1. The first kappa shape index (κ1) is 11.6. The molecule has 0 bridgehead atoms. The highest BCUT2D eigenvalue weighted by molar-refractivity contribution is 5.68. The van der Waals surface area contributed by atoms with Crippen LogP contribution in [0.3, 0.4) is 0 Å². The molecule has 0 aliphatic rings. The van der Waals surface area contributed by atoms with Crippen LogP contribution in [0.2, 0.25) is 0 Å². The van der Waals surface area contributed by atoms with E-state index in [0.29, 0.717) is 0 Å². The van der Waals surface area contributed by atoms with Gasteiger partial charge in [-0.3, -0.25) is 0 Å². The summed E-state index contributed by atoms with van der Waals surface area (Å²) in [5.41, 5.74) is 5.74. The lowest BCUT2D eigenvalue weighted by atomic mass is 10.0. The lowest BCUT2D eigenvalue weighted by Gasteiger charge is -2.10. The summed E-state index contributed by atoms with van der Waals surface area (Å²) in [4.78, 5) is 8.59. The zero-order chi connectivity index (χ0) is 12.4. The van der Waals surface area contributed by atoms with E-state index in [4.69, 9.17) is 0 Å². The van der Waals surface area contributed by atoms with Crippen LogP contribution in [0.5, 0.6) is 0 Å². The van der Waals surface area contributed by atoms with Crippen molar-refractivity contribution in [3.8, 4) is 11.3 Å². The zero-order valence-corrected chi connectivity index (χ0v) is 10.7. The van der Waals surface area contributed by atoms with Crippen molar-refractivity contribution in [2.24, 2.45) is 0 Å². The molecule has 0 saturated carbocycles. The highest BCUT2D eigenvalue weighted by atomic mass is 15.0. The standard InChI is InChI=1S/C14H17N3/c1-9-5-10(2)7-12(6-9)13-11(3)14(15-4)17-8-16-13/h5-8H,1-4H3,(H,15,16,17). The SMILES string of the molecule is CNc1ncnc(-c2cc(C)cc(C)c2)c1C. The molecule has 17 heavy (non-hydrogen) atoms. The number of aromatic nitrogens is 2. The molecule has 1 heterocycles. The Morgan fingerprint density at radius 3 is 2.18 bits per heavy atom. The molecule has 2 rings (SSSR count). The van der Waals surface area contributed by atoms with Gasteiger partial charge in [0.05, 0.1) is 5.69 Å². The van der Waals surface area contributed by atoms with Crippen LogP contribution in [-0.2, 0) is 0 Å². The van der Waals surface area contributed by atoms with E-state index < -0.39 is 0 Å². The number of nitrogens with zero attached hydrogens (tertiary/aromatic N) is 2. The summed E-state index contributed by atoms with van der Waals surface area (Å²) in [6, 6.07) is 6.47. The summed E-state index contributed by atoms with van der Waals surface area (Å²) in [7, 11) is 1.88. The van der Waals surface area contributed by atoms with Crippen molar-refractivity contribution in [2.45, 2.75) is 20.8 Å². The fourth-order valence-electron chi connectivity index (χ4n) is 2.10. The molecule has 88 valence electrons. The van der Waals surface area contributed by atoms with Crippen molar-refractivity contribution in [3.05, 3.63) is 41.2 Å². The van der Waals surface area contributed by atoms with Crippen LogP contribution in [0.4, 0.5) is 5.82 Å². The molecule has 1 aromatic carbocycles. The molecule has 2 aromatic rings. The fourth-order valence-corrected chi connectivity index (χ4v) is 2.10. The predicted octanol–water partition coefficient (Wildman–Crippen LogP) is 3.11. The Bertz CT molecular complexity index is 527. The molecular weight excluding hydrogens is 210 g/mol. The molecule has 0 radical (unpaired) electrons. The highest BCUT2D eigenvalue weighted by Crippen LogP contribution is 2.26. The van der Waals surface area contributed by atoms with Crippen LogP contribution in [0.1, 0.15) is 16.7 Å². The van der Waals surface area contributed by atoms with Crippen molar-refractivity contribution in [1.82, 2.24) is 9.97 Å². The van der Waals surface area contributed by atoms with Gasteiger partial charge in [0.1, 0.15) is 12.1 Å². The predicted molar refractivity (Wildman–Crippen MR) is 71.2 cm³/mol. The molecule has 0 saturated heterocycles. The van der Waals surface area contributed by atoms with E-state index >= 15 is 0 Å². The number of benzene rings is 1. The molecular formula is C14H17N3. The van der Waals surface area contributed by atoms with Gasteiger partial charge >= 0.3 is 0 Å². The van der Waals surface area contributed by atoms with E-state index in [1.54, 1.807) is 6.33 Å². The second kappa shape index (κ2) is 4.53. The Balaban J connectivity index is 2.60. The first-order chi connectivity index (χ1) is 8.11. The molecule has 0 aliphatic carbocycles. The number of hydrogen-bond acceptors (Lipinski definition) is 3. The molecule has 0 spiro atoms. The maximum absolute atomic E-state index is 4.39. The third kappa shape index (κ3) is 2.28. The van der Waals surface area contributed by atoms with Crippen LogP contribution < -0.4 is 5.32 Å². The summed E-state index contributed by atoms with van der Waals surface area (Å²) in [6.07, 6.45) is 1.60. The van der Waals surface area contributed by atoms with Gasteiger partial charge in [-0.2, -0.15) is 0 Å². The average molecular weight is 227 g/mol.